The molecule has 0 aliphatic carbocycles. The van der Waals surface area contributed by atoms with Crippen LogP contribution in [-0.2, 0) is 0 Å². The van der Waals surface area contributed by atoms with Crippen molar-refractivity contribution < 1.29 is 8.91 Å². The first kappa shape index (κ1) is 6.90. The van der Waals surface area contributed by atoms with Gasteiger partial charge in [0, 0.05) is 6.20 Å². The van der Waals surface area contributed by atoms with Crippen molar-refractivity contribution >= 4 is 0 Å². The topological polar surface area (TPSA) is 51.8 Å². The van der Waals surface area contributed by atoms with Crippen molar-refractivity contribution in [2.24, 2.45) is 0 Å². The van der Waals surface area contributed by atoms with Crippen molar-refractivity contribution in [1.29, 1.82) is 0 Å². The molecule has 0 saturated carbocycles. The Morgan fingerprint density at radius 2 is 2.25 bits per heavy atom. The van der Waals surface area contributed by atoms with Crippen molar-refractivity contribution in [1.82, 2.24) is 15.1 Å². The highest BCUT2D eigenvalue weighted by atomic mass is 19.1. The summed E-state index contributed by atoms with van der Waals surface area (Å²) in [6.07, 6.45) is 2.50. The normalized spacial score (nSPS) is 10.1. The van der Waals surface area contributed by atoms with E-state index in [2.05, 4.69) is 19.6 Å². The maximum Gasteiger partial charge on any atom is 0.224 e. The van der Waals surface area contributed by atoms with E-state index in [0.717, 1.165) is 6.39 Å². The van der Waals surface area contributed by atoms with Gasteiger partial charge < -0.3 is 4.52 Å². The molecule has 0 bridgehead atoms. The molecule has 5 heteroatoms. The fraction of sp³-hybridized carbons (Fsp3) is 0. The van der Waals surface area contributed by atoms with Crippen LogP contribution in [-0.4, -0.2) is 15.1 Å². The zero-order valence-electron chi connectivity index (χ0n) is 5.94. The van der Waals surface area contributed by atoms with Crippen molar-refractivity contribution in [2.75, 3.05) is 0 Å². The average molecular weight is 165 g/mol. The molecule has 12 heavy (non-hydrogen) atoms. The highest BCUT2D eigenvalue weighted by Crippen LogP contribution is 2.15. The molecule has 2 aromatic rings. The Morgan fingerprint density at radius 3 is 2.92 bits per heavy atom. The van der Waals surface area contributed by atoms with E-state index in [-0.39, 0.29) is 11.4 Å². The van der Waals surface area contributed by atoms with Crippen molar-refractivity contribution in [2.45, 2.75) is 0 Å². The first-order valence-corrected chi connectivity index (χ1v) is 3.25. The number of nitrogens with zero attached hydrogens (tertiary/aromatic N) is 3. The minimum Gasteiger partial charge on any atom is -0.342 e. The van der Waals surface area contributed by atoms with Crippen LogP contribution in [0.5, 0.6) is 0 Å². The summed E-state index contributed by atoms with van der Waals surface area (Å²) in [5, 5.41) is 3.48. The Balaban J connectivity index is 2.55. The zero-order chi connectivity index (χ0) is 8.39. The van der Waals surface area contributed by atoms with Gasteiger partial charge in [-0.15, -0.1) is 0 Å². The predicted molar refractivity (Wildman–Crippen MR) is 37.5 cm³/mol. The first-order valence-electron chi connectivity index (χ1n) is 3.25. The van der Waals surface area contributed by atoms with Gasteiger partial charge in [-0.05, 0) is 12.1 Å². The van der Waals surface area contributed by atoms with Crippen LogP contribution >= 0.6 is 0 Å². The molecule has 0 aliphatic rings. The molecule has 0 radical (unpaired) electrons. The molecule has 0 aliphatic heterocycles. The molecule has 0 N–H and O–H groups in total. The molecule has 0 spiro atoms. The molecule has 2 heterocycles. The fourth-order valence-electron chi connectivity index (χ4n) is 0.842. The largest absolute Gasteiger partial charge is 0.342 e. The van der Waals surface area contributed by atoms with Gasteiger partial charge in [-0.1, -0.05) is 5.16 Å². The van der Waals surface area contributed by atoms with Crippen LogP contribution < -0.4 is 0 Å². The standard InChI is InChI=1S/C7H4FN3O/c8-6-5(2-1-3-9-6)7-10-4-12-11-7/h1-4H. The molecule has 60 valence electrons. The molecule has 0 unspecified atom stereocenters. The summed E-state index contributed by atoms with van der Waals surface area (Å²) in [6, 6.07) is 3.14. The van der Waals surface area contributed by atoms with Gasteiger partial charge in [0.25, 0.3) is 0 Å². The third-order valence-corrected chi connectivity index (χ3v) is 1.36. The summed E-state index contributed by atoms with van der Waals surface area (Å²) in [4.78, 5) is 7.14. The summed E-state index contributed by atoms with van der Waals surface area (Å²) in [5.41, 5.74) is 0.242. The third kappa shape index (κ3) is 1.05. The summed E-state index contributed by atoms with van der Waals surface area (Å²) in [5.74, 6) is -0.389. The molecular weight excluding hydrogens is 161 g/mol. The number of rotatable bonds is 1. The monoisotopic (exact) mass is 165 g/mol. The summed E-state index contributed by atoms with van der Waals surface area (Å²) in [7, 11) is 0. The summed E-state index contributed by atoms with van der Waals surface area (Å²) in [6.45, 7) is 0. The second-order valence-electron chi connectivity index (χ2n) is 2.10. The molecule has 0 saturated heterocycles. The van der Waals surface area contributed by atoms with Crippen LogP contribution in [0.15, 0.2) is 29.2 Å². The molecule has 0 aromatic carbocycles. The van der Waals surface area contributed by atoms with E-state index in [1.807, 2.05) is 0 Å². The molecule has 0 amide bonds. The summed E-state index contributed by atoms with van der Waals surface area (Å²) >= 11 is 0. The molecule has 4 nitrogen and oxygen atoms in total. The quantitative estimate of drug-likeness (QED) is 0.597. The average Bonchev–Trinajstić information content (AvgIpc) is 2.57. The van der Waals surface area contributed by atoms with E-state index < -0.39 is 5.95 Å². The minimum atomic E-state index is -0.598. The van der Waals surface area contributed by atoms with Crippen LogP contribution in [0, 0.1) is 5.95 Å². The van der Waals surface area contributed by atoms with E-state index in [0.29, 0.717) is 0 Å². The second kappa shape index (κ2) is 2.69. The number of hydrogen-bond donors (Lipinski definition) is 0. The molecule has 0 atom stereocenters. The molecular formula is C7H4FN3O. The van der Waals surface area contributed by atoms with Gasteiger partial charge in [-0.25, -0.2) is 4.98 Å². The van der Waals surface area contributed by atoms with Crippen LogP contribution in [0.3, 0.4) is 0 Å². The lowest BCUT2D eigenvalue weighted by molar-refractivity contribution is 0.418. The molecule has 2 rings (SSSR count). The van der Waals surface area contributed by atoms with Crippen molar-refractivity contribution in [3.05, 3.63) is 30.7 Å². The minimum absolute atomic E-state index is 0.209. The van der Waals surface area contributed by atoms with E-state index in [1.54, 1.807) is 6.07 Å². The Hall–Kier alpha value is -1.78. The summed E-state index contributed by atoms with van der Waals surface area (Å²) < 4.78 is 17.4. The Labute approximate surface area is 67.1 Å². The maximum absolute atomic E-state index is 12.9. The van der Waals surface area contributed by atoms with Gasteiger partial charge in [0.2, 0.25) is 18.2 Å². The number of pyridine rings is 1. The van der Waals surface area contributed by atoms with Crippen molar-refractivity contribution in [3.8, 4) is 11.4 Å². The highest BCUT2D eigenvalue weighted by molar-refractivity contribution is 5.52. The van der Waals surface area contributed by atoms with Crippen LogP contribution in [0.2, 0.25) is 0 Å². The van der Waals surface area contributed by atoms with Gasteiger partial charge in [-0.2, -0.15) is 9.37 Å². The van der Waals surface area contributed by atoms with Crippen LogP contribution in [0.4, 0.5) is 4.39 Å². The SMILES string of the molecule is Fc1ncccc1-c1ncon1. The van der Waals surface area contributed by atoms with Gasteiger partial charge in [0.05, 0.1) is 5.56 Å². The first-order chi connectivity index (χ1) is 5.88. The highest BCUT2D eigenvalue weighted by Gasteiger charge is 2.08. The third-order valence-electron chi connectivity index (χ3n) is 1.36. The van der Waals surface area contributed by atoms with Gasteiger partial charge >= 0.3 is 0 Å². The Bertz CT molecular complexity index is 374. The van der Waals surface area contributed by atoms with E-state index in [1.165, 1.54) is 12.3 Å². The van der Waals surface area contributed by atoms with Crippen LogP contribution in [0.25, 0.3) is 11.4 Å². The molecule has 0 fully saturated rings. The second-order valence-corrected chi connectivity index (χ2v) is 2.10. The lowest BCUT2D eigenvalue weighted by Crippen LogP contribution is -1.88. The van der Waals surface area contributed by atoms with E-state index in [9.17, 15) is 4.39 Å². The smallest absolute Gasteiger partial charge is 0.224 e. The van der Waals surface area contributed by atoms with Crippen LogP contribution in [0.1, 0.15) is 0 Å². The van der Waals surface area contributed by atoms with Gasteiger partial charge in [0.1, 0.15) is 0 Å². The van der Waals surface area contributed by atoms with E-state index >= 15 is 0 Å². The Morgan fingerprint density at radius 1 is 1.33 bits per heavy atom. The lowest BCUT2D eigenvalue weighted by Gasteiger charge is -1.92. The number of halogens is 1. The van der Waals surface area contributed by atoms with Gasteiger partial charge in [-0.3, -0.25) is 0 Å². The molecule has 2 aromatic heterocycles. The maximum atomic E-state index is 12.9. The van der Waals surface area contributed by atoms with Crippen molar-refractivity contribution in [3.63, 3.8) is 0 Å². The van der Waals surface area contributed by atoms with Gasteiger partial charge in [0.15, 0.2) is 0 Å². The van der Waals surface area contributed by atoms with E-state index in [4.69, 9.17) is 0 Å². The zero-order valence-corrected chi connectivity index (χ0v) is 5.94. The number of aromatic nitrogens is 3. The predicted octanol–water partition coefficient (Wildman–Crippen LogP) is 1.27. The fourth-order valence-corrected chi connectivity index (χ4v) is 0.842. The lowest BCUT2D eigenvalue weighted by atomic mass is 10.3. The Kier molecular flexibility index (Phi) is 1.55. The number of hydrogen-bond acceptors (Lipinski definition) is 4.